The number of rotatable bonds is 6. The molecule has 0 atom stereocenters. The van der Waals surface area contributed by atoms with Crippen LogP contribution in [0.2, 0.25) is 0 Å². The second kappa shape index (κ2) is 13.6. The molecule has 0 aliphatic rings. The molecule has 0 aliphatic carbocycles. The van der Waals surface area contributed by atoms with Crippen LogP contribution in [0, 0.1) is 11.3 Å². The molecule has 5 heteroatoms. The lowest BCUT2D eigenvalue weighted by Gasteiger charge is -2.18. The fourth-order valence-corrected chi connectivity index (χ4v) is 8.63. The van der Waals surface area contributed by atoms with Crippen molar-refractivity contribution in [3.05, 3.63) is 206 Å². The van der Waals surface area contributed by atoms with Crippen LogP contribution in [0.5, 0.6) is 0 Å². The van der Waals surface area contributed by atoms with Crippen LogP contribution >= 0.6 is 0 Å². The fraction of sp³-hybridized carbons (Fsp3) is 0. The van der Waals surface area contributed by atoms with E-state index in [4.69, 9.17) is 9.97 Å². The predicted molar refractivity (Wildman–Crippen MR) is 237 cm³/mol. The van der Waals surface area contributed by atoms with E-state index in [0.717, 1.165) is 72.0 Å². The van der Waals surface area contributed by atoms with Crippen molar-refractivity contribution in [2.75, 3.05) is 0 Å². The van der Waals surface area contributed by atoms with E-state index in [9.17, 15) is 5.26 Å². The van der Waals surface area contributed by atoms with Crippen molar-refractivity contribution in [3.8, 4) is 62.5 Å². The molecule has 0 saturated carbocycles. The van der Waals surface area contributed by atoms with Gasteiger partial charge in [0.1, 0.15) is 11.6 Å². The van der Waals surface area contributed by atoms with Crippen molar-refractivity contribution >= 4 is 43.6 Å². The summed E-state index contributed by atoms with van der Waals surface area (Å²) < 4.78 is 4.78. The van der Waals surface area contributed by atoms with E-state index in [0.29, 0.717) is 22.8 Å². The Kier molecular flexibility index (Phi) is 7.80. The first-order chi connectivity index (χ1) is 28.8. The Balaban J connectivity index is 1.30. The molecule has 0 saturated heterocycles. The molecule has 0 spiro atoms. The van der Waals surface area contributed by atoms with E-state index in [1.807, 2.05) is 66.7 Å². The highest BCUT2D eigenvalue weighted by molar-refractivity contribution is 6.26. The Hall–Kier alpha value is -8.07. The average molecular weight is 740 g/mol. The van der Waals surface area contributed by atoms with Crippen molar-refractivity contribution in [2.24, 2.45) is 0 Å². The van der Waals surface area contributed by atoms with E-state index in [-0.39, 0.29) is 0 Å². The van der Waals surface area contributed by atoms with Crippen LogP contribution in [-0.2, 0) is 0 Å². The van der Waals surface area contributed by atoms with Gasteiger partial charge in [-0.25, -0.2) is 9.97 Å². The molecule has 58 heavy (non-hydrogen) atoms. The third-order valence-corrected chi connectivity index (χ3v) is 11.2. The zero-order chi connectivity index (χ0) is 38.6. The van der Waals surface area contributed by atoms with Gasteiger partial charge >= 0.3 is 0 Å². The number of benzene rings is 8. The van der Waals surface area contributed by atoms with E-state index in [2.05, 4.69) is 149 Å². The molecule has 0 amide bonds. The Morgan fingerprint density at radius 3 is 1.57 bits per heavy atom. The number of hydrogen-bond donors (Lipinski definition) is 0. The number of aromatic nitrogens is 4. The van der Waals surface area contributed by atoms with Crippen LogP contribution in [0.4, 0.5) is 0 Å². The maximum absolute atomic E-state index is 10.8. The summed E-state index contributed by atoms with van der Waals surface area (Å²) in [7, 11) is 0. The number of nitrogens with zero attached hydrogens (tertiary/aromatic N) is 5. The summed E-state index contributed by atoms with van der Waals surface area (Å²) in [6, 6.07) is 71.9. The molecule has 0 unspecified atom stereocenters. The lowest BCUT2D eigenvalue weighted by molar-refractivity contribution is 1.13. The lowest BCUT2D eigenvalue weighted by Crippen LogP contribution is -2.04. The summed E-state index contributed by atoms with van der Waals surface area (Å²) in [4.78, 5) is 10.7. The number of nitriles is 1. The average Bonchev–Trinajstić information content (AvgIpc) is 3.82. The van der Waals surface area contributed by atoms with Crippen molar-refractivity contribution in [3.63, 3.8) is 0 Å². The third-order valence-electron chi connectivity index (χ3n) is 11.2. The smallest absolute Gasteiger partial charge is 0.162 e. The molecule has 0 fully saturated rings. The van der Waals surface area contributed by atoms with Crippen LogP contribution < -0.4 is 0 Å². The molecule has 5 nitrogen and oxygen atoms in total. The third kappa shape index (κ3) is 5.24. The van der Waals surface area contributed by atoms with Crippen LogP contribution in [0.25, 0.3) is 100 Å². The molecule has 0 bridgehead atoms. The number of para-hydroxylation sites is 3. The minimum Gasteiger partial charge on any atom is -0.309 e. The first kappa shape index (κ1) is 33.3. The molecule has 0 radical (unpaired) electrons. The molecule has 0 N–H and O–H groups in total. The molecule has 3 aromatic heterocycles. The maximum atomic E-state index is 10.8. The minimum atomic E-state index is 0.439. The highest BCUT2D eigenvalue weighted by Crippen LogP contribution is 2.44. The maximum Gasteiger partial charge on any atom is 0.162 e. The highest BCUT2D eigenvalue weighted by Gasteiger charge is 2.25. The van der Waals surface area contributed by atoms with Gasteiger partial charge in [-0.3, -0.25) is 0 Å². The van der Waals surface area contributed by atoms with Gasteiger partial charge in [0.2, 0.25) is 0 Å². The Labute approximate surface area is 335 Å². The van der Waals surface area contributed by atoms with Crippen molar-refractivity contribution < 1.29 is 0 Å². The summed E-state index contributed by atoms with van der Waals surface area (Å²) >= 11 is 0. The van der Waals surface area contributed by atoms with Crippen molar-refractivity contribution in [1.29, 1.82) is 5.26 Å². The summed E-state index contributed by atoms with van der Waals surface area (Å²) in [5, 5.41) is 15.4. The van der Waals surface area contributed by atoms with Crippen LogP contribution in [0.3, 0.4) is 0 Å². The van der Waals surface area contributed by atoms with E-state index in [1.54, 1.807) is 0 Å². The van der Waals surface area contributed by atoms with Gasteiger partial charge in [-0.1, -0.05) is 158 Å². The number of hydrogen-bond acceptors (Lipinski definition) is 3. The summed E-state index contributed by atoms with van der Waals surface area (Å²) in [5.41, 5.74) is 12.8. The highest BCUT2D eigenvalue weighted by atomic mass is 15.0. The quantitative estimate of drug-likeness (QED) is 0.171. The van der Waals surface area contributed by atoms with Gasteiger partial charge in [0.15, 0.2) is 5.82 Å². The molecule has 8 aromatic carbocycles. The van der Waals surface area contributed by atoms with Gasteiger partial charge in [0.05, 0.1) is 39.1 Å². The van der Waals surface area contributed by atoms with Gasteiger partial charge in [0.25, 0.3) is 0 Å². The Morgan fingerprint density at radius 1 is 0.414 bits per heavy atom. The van der Waals surface area contributed by atoms with Gasteiger partial charge < -0.3 is 9.13 Å². The van der Waals surface area contributed by atoms with E-state index in [1.165, 1.54) is 10.8 Å². The van der Waals surface area contributed by atoms with Crippen LogP contribution in [0.1, 0.15) is 5.56 Å². The van der Waals surface area contributed by atoms with Crippen molar-refractivity contribution in [2.45, 2.75) is 0 Å². The van der Waals surface area contributed by atoms with Crippen LogP contribution in [-0.4, -0.2) is 19.1 Å². The first-order valence-corrected chi connectivity index (χ1v) is 19.4. The SMILES string of the molecule is N#Cc1c(-c2ccccc2)nc(-c2cc(-c3ccccc3)ccc2-n2c3ccccc3c3ccc4c(c5ccccc5n4-c4ccccc4)c32)nc1-c1ccccc1. The van der Waals surface area contributed by atoms with Crippen molar-refractivity contribution in [1.82, 2.24) is 19.1 Å². The Morgan fingerprint density at radius 2 is 0.948 bits per heavy atom. The zero-order valence-electron chi connectivity index (χ0n) is 31.3. The van der Waals surface area contributed by atoms with Gasteiger partial charge in [-0.05, 0) is 53.6 Å². The summed E-state index contributed by atoms with van der Waals surface area (Å²) in [5.74, 6) is 0.536. The van der Waals surface area contributed by atoms with E-state index < -0.39 is 0 Å². The molecule has 270 valence electrons. The van der Waals surface area contributed by atoms with Gasteiger partial charge in [-0.2, -0.15) is 5.26 Å². The molecule has 11 aromatic rings. The monoisotopic (exact) mass is 739 g/mol. The topological polar surface area (TPSA) is 59.4 Å². The Bertz CT molecular complexity index is 3320. The minimum absolute atomic E-state index is 0.439. The standard InChI is InChI=1S/C53H33N5/c54-34-44-50(36-19-7-2-8-20-36)55-53(56-51(44)37-21-9-3-10-22-37)43-33-38(35-17-5-1-6-18-35)29-31-47(43)58-45-27-15-13-25-40(45)41-30-32-48-49(52(41)58)42-26-14-16-28-46(42)57(48)39-23-11-4-12-24-39/h1-33H. The second-order valence-electron chi connectivity index (χ2n) is 14.5. The normalized spacial score (nSPS) is 11.4. The summed E-state index contributed by atoms with van der Waals surface area (Å²) in [6.07, 6.45) is 0. The number of fused-ring (bicyclic) bond motifs is 7. The molecular formula is C53H33N5. The van der Waals surface area contributed by atoms with E-state index >= 15 is 0 Å². The van der Waals surface area contributed by atoms with Gasteiger partial charge in [0, 0.05) is 43.9 Å². The van der Waals surface area contributed by atoms with Crippen LogP contribution in [0.15, 0.2) is 200 Å². The lowest BCUT2D eigenvalue weighted by atomic mass is 9.98. The zero-order valence-corrected chi connectivity index (χ0v) is 31.3. The largest absolute Gasteiger partial charge is 0.309 e. The first-order valence-electron chi connectivity index (χ1n) is 19.4. The predicted octanol–water partition coefficient (Wildman–Crippen LogP) is 13.2. The molecular weight excluding hydrogens is 707 g/mol. The molecule has 3 heterocycles. The summed E-state index contributed by atoms with van der Waals surface area (Å²) in [6.45, 7) is 0. The molecule has 0 aliphatic heterocycles. The fourth-order valence-electron chi connectivity index (χ4n) is 8.63. The second-order valence-corrected chi connectivity index (χ2v) is 14.5. The van der Waals surface area contributed by atoms with Gasteiger partial charge in [-0.15, -0.1) is 0 Å². The molecule has 11 rings (SSSR count).